The van der Waals surface area contributed by atoms with Crippen LogP contribution in [-0.2, 0) is 33.2 Å². The number of aromatic nitrogens is 2. The first-order chi connectivity index (χ1) is 14.2. The average molecular weight is 580 g/mol. The van der Waals surface area contributed by atoms with E-state index in [9.17, 15) is 8.78 Å². The van der Waals surface area contributed by atoms with E-state index in [1.807, 2.05) is 36.4 Å². The van der Waals surface area contributed by atoms with E-state index in [-0.39, 0.29) is 25.7 Å². The van der Waals surface area contributed by atoms with Gasteiger partial charge in [-0.2, -0.15) is 0 Å². The summed E-state index contributed by atoms with van der Waals surface area (Å²) in [4.78, 5) is 8.16. The van der Waals surface area contributed by atoms with Gasteiger partial charge in [-0.25, -0.2) is 0 Å². The van der Waals surface area contributed by atoms with Gasteiger partial charge in [-0.15, -0.1) is 25.2 Å². The zero-order valence-electron chi connectivity index (χ0n) is 16.0. The molecule has 0 spiro atoms. The fraction of sp³-hybridized carbons (Fsp3) is 0.0833. The van der Waals surface area contributed by atoms with Gasteiger partial charge in [-0.3, -0.25) is 13.8 Å². The van der Waals surface area contributed by atoms with Gasteiger partial charge < -0.3 is 10.3 Å². The Morgan fingerprint density at radius 2 is 1.50 bits per heavy atom. The first-order valence-corrected chi connectivity index (χ1v) is 9.07. The van der Waals surface area contributed by atoms with Gasteiger partial charge in [0.1, 0.15) is 0 Å². The van der Waals surface area contributed by atoms with Gasteiger partial charge in [0.15, 0.2) is 0 Å². The molecule has 2 aromatic carbocycles. The SMILES string of the molecule is Fc1c[c-]c(-c2ccccn2)c(F)c1.[Ir].c1ccc(C[N-]Cc2ccccn2)cc1. The summed E-state index contributed by atoms with van der Waals surface area (Å²) in [5.41, 5.74) is 2.90. The minimum atomic E-state index is -0.649. The Morgan fingerprint density at radius 1 is 0.800 bits per heavy atom. The normalized spacial score (nSPS) is 9.80. The molecule has 0 unspecified atom stereocenters. The Kier molecular flexibility index (Phi) is 9.95. The largest absolute Gasteiger partial charge is 0.653 e. The molecule has 4 aromatic rings. The molecule has 0 aliphatic heterocycles. The van der Waals surface area contributed by atoms with Crippen molar-refractivity contribution in [2.45, 2.75) is 13.1 Å². The van der Waals surface area contributed by atoms with Gasteiger partial charge in [-0.05, 0) is 23.9 Å². The molecule has 3 nitrogen and oxygen atoms in total. The summed E-state index contributed by atoms with van der Waals surface area (Å²) in [5, 5.41) is 4.45. The Labute approximate surface area is 188 Å². The molecule has 6 heteroatoms. The van der Waals surface area contributed by atoms with Crippen LogP contribution in [0.2, 0.25) is 0 Å². The standard InChI is InChI=1S/C13H13N2.C11H6F2N.Ir/c1-2-6-12(7-3-1)10-14-11-13-8-4-5-9-15-13;12-8-4-5-9(10(13)7-8)11-3-1-2-6-14-11;/h1-9H,10-11H2;1-4,6-7H;/q2*-1;. The van der Waals surface area contributed by atoms with E-state index in [0.29, 0.717) is 12.2 Å². The fourth-order valence-corrected chi connectivity index (χ4v) is 2.53. The topological polar surface area (TPSA) is 39.9 Å². The molecule has 30 heavy (non-hydrogen) atoms. The molecule has 155 valence electrons. The van der Waals surface area contributed by atoms with Crippen molar-refractivity contribution in [3.8, 4) is 11.3 Å². The van der Waals surface area contributed by atoms with E-state index in [1.165, 1.54) is 5.56 Å². The summed E-state index contributed by atoms with van der Waals surface area (Å²) in [6, 6.07) is 25.7. The predicted molar refractivity (Wildman–Crippen MR) is 110 cm³/mol. The summed E-state index contributed by atoms with van der Waals surface area (Å²) in [5.74, 6) is -1.29. The predicted octanol–water partition coefficient (Wildman–Crippen LogP) is 5.98. The molecular formula is C24H19F2IrN3-2. The van der Waals surface area contributed by atoms with Gasteiger partial charge in [0, 0.05) is 49.8 Å². The van der Waals surface area contributed by atoms with E-state index >= 15 is 0 Å². The van der Waals surface area contributed by atoms with Crippen molar-refractivity contribution in [1.82, 2.24) is 9.97 Å². The zero-order valence-corrected chi connectivity index (χ0v) is 18.4. The van der Waals surface area contributed by atoms with Crippen molar-refractivity contribution in [2.24, 2.45) is 0 Å². The van der Waals surface area contributed by atoms with Crippen LogP contribution < -0.4 is 0 Å². The molecule has 0 N–H and O–H groups in total. The Hall–Kier alpha value is -2.79. The molecule has 0 bridgehead atoms. The van der Waals surface area contributed by atoms with Crippen LogP contribution in [0.25, 0.3) is 16.6 Å². The third-order valence-electron chi connectivity index (χ3n) is 3.92. The number of benzene rings is 2. The van der Waals surface area contributed by atoms with Crippen LogP contribution in [0, 0.1) is 17.7 Å². The second-order valence-electron chi connectivity index (χ2n) is 6.10. The molecule has 0 saturated carbocycles. The number of hydrogen-bond donors (Lipinski definition) is 0. The van der Waals surface area contributed by atoms with Crippen molar-refractivity contribution in [3.05, 3.63) is 126 Å². The molecule has 2 heterocycles. The summed E-state index contributed by atoms with van der Waals surface area (Å²) in [7, 11) is 0. The van der Waals surface area contributed by atoms with Gasteiger partial charge >= 0.3 is 0 Å². The Bertz CT molecular complexity index is 961. The van der Waals surface area contributed by atoms with Crippen LogP contribution in [0.5, 0.6) is 0 Å². The number of halogens is 2. The quantitative estimate of drug-likeness (QED) is 0.273. The van der Waals surface area contributed by atoms with Gasteiger partial charge in [0.05, 0.1) is 0 Å². The second kappa shape index (κ2) is 12.7. The maximum atomic E-state index is 13.2. The van der Waals surface area contributed by atoms with E-state index in [0.717, 1.165) is 24.4 Å². The van der Waals surface area contributed by atoms with Crippen LogP contribution in [0.15, 0.2) is 91.3 Å². The number of pyridine rings is 2. The smallest absolute Gasteiger partial charge is 0.0408 e. The summed E-state index contributed by atoms with van der Waals surface area (Å²) >= 11 is 0. The minimum absolute atomic E-state index is 0. The third kappa shape index (κ3) is 7.56. The van der Waals surface area contributed by atoms with Crippen molar-refractivity contribution in [1.29, 1.82) is 0 Å². The maximum Gasteiger partial charge on any atom is 0.0408 e. The van der Waals surface area contributed by atoms with E-state index in [1.54, 1.807) is 30.6 Å². The van der Waals surface area contributed by atoms with E-state index < -0.39 is 11.6 Å². The third-order valence-corrected chi connectivity index (χ3v) is 3.92. The van der Waals surface area contributed by atoms with Gasteiger partial charge in [-0.1, -0.05) is 65.7 Å². The van der Waals surface area contributed by atoms with Crippen LogP contribution in [0.3, 0.4) is 0 Å². The molecule has 0 aliphatic rings. The first kappa shape index (κ1) is 23.5. The number of nitrogens with zero attached hydrogens (tertiary/aromatic N) is 3. The van der Waals surface area contributed by atoms with Crippen LogP contribution in [0.4, 0.5) is 8.78 Å². The Balaban J connectivity index is 0.000000207. The molecule has 0 fully saturated rings. The van der Waals surface area contributed by atoms with Crippen molar-refractivity contribution in [3.63, 3.8) is 0 Å². The molecule has 0 saturated heterocycles. The van der Waals surface area contributed by atoms with Crippen molar-refractivity contribution in [2.75, 3.05) is 0 Å². The van der Waals surface area contributed by atoms with Gasteiger partial charge in [0.2, 0.25) is 0 Å². The maximum absolute atomic E-state index is 13.2. The van der Waals surface area contributed by atoms with Crippen molar-refractivity contribution >= 4 is 0 Å². The van der Waals surface area contributed by atoms with Crippen molar-refractivity contribution < 1.29 is 28.9 Å². The summed E-state index contributed by atoms with van der Waals surface area (Å²) < 4.78 is 25.8. The van der Waals surface area contributed by atoms with E-state index in [2.05, 4.69) is 33.5 Å². The molecular weight excluding hydrogens is 560 g/mol. The molecule has 1 radical (unpaired) electrons. The second-order valence-corrected chi connectivity index (χ2v) is 6.10. The molecule has 0 atom stereocenters. The minimum Gasteiger partial charge on any atom is -0.653 e. The monoisotopic (exact) mass is 580 g/mol. The Morgan fingerprint density at radius 3 is 2.13 bits per heavy atom. The molecule has 0 amide bonds. The number of hydrogen-bond acceptors (Lipinski definition) is 2. The zero-order chi connectivity index (χ0) is 20.3. The first-order valence-electron chi connectivity index (χ1n) is 9.07. The summed E-state index contributed by atoms with van der Waals surface area (Å²) in [6.07, 6.45) is 3.35. The van der Waals surface area contributed by atoms with Crippen LogP contribution in [0.1, 0.15) is 11.3 Å². The van der Waals surface area contributed by atoms with E-state index in [4.69, 9.17) is 0 Å². The summed E-state index contributed by atoms with van der Waals surface area (Å²) in [6.45, 7) is 1.45. The molecule has 0 aliphatic carbocycles. The average Bonchev–Trinajstić information content (AvgIpc) is 2.76. The molecule has 4 rings (SSSR count). The van der Waals surface area contributed by atoms with Gasteiger partial charge in [0.25, 0.3) is 0 Å². The van der Waals surface area contributed by atoms with Crippen LogP contribution in [-0.4, -0.2) is 9.97 Å². The fourth-order valence-electron chi connectivity index (χ4n) is 2.53. The number of rotatable bonds is 5. The van der Waals surface area contributed by atoms with Crippen LogP contribution >= 0.6 is 0 Å². The molecule has 2 aromatic heterocycles.